The molecule has 0 aliphatic carbocycles. The van der Waals surface area contributed by atoms with Crippen molar-refractivity contribution in [2.24, 2.45) is 5.41 Å². The Morgan fingerprint density at radius 3 is 3.00 bits per heavy atom. The second-order valence-corrected chi connectivity index (χ2v) is 4.79. The first kappa shape index (κ1) is 12.3. The summed E-state index contributed by atoms with van der Waals surface area (Å²) in [7, 11) is 0. The van der Waals surface area contributed by atoms with Crippen molar-refractivity contribution in [2.45, 2.75) is 39.7 Å². The zero-order valence-corrected chi connectivity index (χ0v) is 10.7. The first-order valence-electron chi connectivity index (χ1n) is 6.46. The molecule has 0 radical (unpaired) electrons. The Labute approximate surface area is 102 Å². The van der Waals surface area contributed by atoms with Gasteiger partial charge in [-0.15, -0.1) is 0 Å². The molecule has 1 aromatic rings. The molecule has 1 atom stereocenters. The molecule has 1 unspecified atom stereocenters. The summed E-state index contributed by atoms with van der Waals surface area (Å²) < 4.78 is 2.05. The van der Waals surface area contributed by atoms with Crippen LogP contribution in [0, 0.1) is 5.41 Å². The van der Waals surface area contributed by atoms with Crippen LogP contribution in [0.15, 0.2) is 12.4 Å². The summed E-state index contributed by atoms with van der Waals surface area (Å²) in [6.45, 7) is 6.84. The number of carbonyl (C=O) groups is 1. The Hall–Kier alpha value is -1.16. The molecule has 1 aliphatic heterocycles. The Kier molecular flexibility index (Phi) is 3.62. The van der Waals surface area contributed by atoms with E-state index in [4.69, 9.17) is 0 Å². The fraction of sp³-hybridized carbons (Fsp3) is 0.692. The van der Waals surface area contributed by atoms with Gasteiger partial charge in [-0.2, -0.15) is 0 Å². The summed E-state index contributed by atoms with van der Waals surface area (Å²) in [5.41, 5.74) is -0.148. The molecule has 1 aromatic heterocycles. The van der Waals surface area contributed by atoms with Crippen LogP contribution >= 0.6 is 0 Å². The lowest BCUT2D eigenvalue weighted by Gasteiger charge is -2.24. The number of rotatable bonds is 5. The normalized spacial score (nSPS) is 24.1. The summed E-state index contributed by atoms with van der Waals surface area (Å²) in [6, 6.07) is 0. The molecule has 0 amide bonds. The molecule has 0 saturated carbocycles. The largest absolute Gasteiger partial charge is 0.335 e. The SMILES string of the molecule is CCn1ccnc1CC(=O)C1(CC)CCNC1. The van der Waals surface area contributed by atoms with Crippen LogP contribution in [0.3, 0.4) is 0 Å². The van der Waals surface area contributed by atoms with E-state index in [9.17, 15) is 4.79 Å². The van der Waals surface area contributed by atoms with Crippen molar-refractivity contribution in [3.05, 3.63) is 18.2 Å². The third-order valence-electron chi connectivity index (χ3n) is 3.97. The highest BCUT2D eigenvalue weighted by Crippen LogP contribution is 2.31. The Morgan fingerprint density at radius 2 is 2.41 bits per heavy atom. The van der Waals surface area contributed by atoms with Gasteiger partial charge in [0.05, 0.1) is 6.42 Å². The summed E-state index contributed by atoms with van der Waals surface area (Å²) in [4.78, 5) is 16.7. The first-order valence-corrected chi connectivity index (χ1v) is 6.46. The zero-order chi connectivity index (χ0) is 12.3. The van der Waals surface area contributed by atoms with E-state index in [1.165, 1.54) is 0 Å². The summed E-state index contributed by atoms with van der Waals surface area (Å²) in [6.07, 6.45) is 6.07. The number of aryl methyl sites for hydroxylation is 1. The molecule has 1 N–H and O–H groups in total. The number of hydrogen-bond donors (Lipinski definition) is 1. The van der Waals surface area contributed by atoms with Gasteiger partial charge in [-0.25, -0.2) is 4.98 Å². The van der Waals surface area contributed by atoms with Crippen LogP contribution in [-0.2, 0) is 17.8 Å². The predicted molar refractivity (Wildman–Crippen MR) is 66.8 cm³/mol. The van der Waals surface area contributed by atoms with Gasteiger partial charge in [-0.1, -0.05) is 6.92 Å². The Bertz CT molecular complexity index is 391. The number of carbonyl (C=O) groups excluding carboxylic acids is 1. The van der Waals surface area contributed by atoms with Gasteiger partial charge < -0.3 is 9.88 Å². The fourth-order valence-electron chi connectivity index (χ4n) is 2.61. The molecule has 1 aliphatic rings. The molecule has 94 valence electrons. The maximum absolute atomic E-state index is 12.4. The monoisotopic (exact) mass is 235 g/mol. The lowest BCUT2D eigenvalue weighted by Crippen LogP contribution is -2.34. The van der Waals surface area contributed by atoms with Gasteiger partial charge in [0.1, 0.15) is 11.6 Å². The molecular formula is C13H21N3O. The lowest BCUT2D eigenvalue weighted by atomic mass is 9.78. The van der Waals surface area contributed by atoms with E-state index in [1.54, 1.807) is 6.20 Å². The molecule has 1 saturated heterocycles. The molecular weight excluding hydrogens is 214 g/mol. The second-order valence-electron chi connectivity index (χ2n) is 4.79. The number of hydrogen-bond acceptors (Lipinski definition) is 3. The summed E-state index contributed by atoms with van der Waals surface area (Å²) in [5, 5.41) is 3.31. The molecule has 2 rings (SSSR count). The van der Waals surface area contributed by atoms with Crippen molar-refractivity contribution in [1.82, 2.24) is 14.9 Å². The number of nitrogens with zero attached hydrogens (tertiary/aromatic N) is 2. The van der Waals surface area contributed by atoms with Gasteiger partial charge in [-0.05, 0) is 26.3 Å². The zero-order valence-electron chi connectivity index (χ0n) is 10.7. The third-order valence-corrected chi connectivity index (χ3v) is 3.97. The van der Waals surface area contributed by atoms with Gasteiger partial charge in [0.25, 0.3) is 0 Å². The highest BCUT2D eigenvalue weighted by atomic mass is 16.1. The number of imidazole rings is 1. The van der Waals surface area contributed by atoms with E-state index in [2.05, 4.69) is 24.1 Å². The van der Waals surface area contributed by atoms with Crippen molar-refractivity contribution in [3.8, 4) is 0 Å². The van der Waals surface area contributed by atoms with Crippen LogP contribution in [0.5, 0.6) is 0 Å². The van der Waals surface area contributed by atoms with Crippen molar-refractivity contribution in [2.75, 3.05) is 13.1 Å². The summed E-state index contributed by atoms with van der Waals surface area (Å²) in [5.74, 6) is 1.24. The van der Waals surface area contributed by atoms with Crippen LogP contribution in [0.1, 0.15) is 32.5 Å². The molecule has 0 aromatic carbocycles. The molecule has 0 spiro atoms. The maximum atomic E-state index is 12.4. The van der Waals surface area contributed by atoms with Crippen LogP contribution < -0.4 is 5.32 Å². The Balaban J connectivity index is 2.10. The van der Waals surface area contributed by atoms with E-state index < -0.39 is 0 Å². The lowest BCUT2D eigenvalue weighted by molar-refractivity contribution is -0.127. The number of nitrogens with one attached hydrogen (secondary N) is 1. The standard InChI is InChI=1S/C13H21N3O/c1-3-13(5-6-14-10-13)11(17)9-12-15-7-8-16(12)4-2/h7-8,14H,3-6,9-10H2,1-2H3. The van der Waals surface area contributed by atoms with Crippen LogP contribution in [0.2, 0.25) is 0 Å². The van der Waals surface area contributed by atoms with Crippen LogP contribution in [-0.4, -0.2) is 28.4 Å². The van der Waals surface area contributed by atoms with Gasteiger partial charge in [0.2, 0.25) is 0 Å². The molecule has 4 heteroatoms. The minimum absolute atomic E-state index is 0.148. The van der Waals surface area contributed by atoms with E-state index in [1.807, 2.05) is 10.8 Å². The minimum Gasteiger partial charge on any atom is -0.335 e. The Morgan fingerprint density at radius 1 is 1.59 bits per heavy atom. The van der Waals surface area contributed by atoms with Crippen LogP contribution in [0.4, 0.5) is 0 Å². The smallest absolute Gasteiger partial charge is 0.147 e. The molecule has 0 bridgehead atoms. The van der Waals surface area contributed by atoms with Gasteiger partial charge >= 0.3 is 0 Å². The molecule has 17 heavy (non-hydrogen) atoms. The van der Waals surface area contributed by atoms with Crippen molar-refractivity contribution < 1.29 is 4.79 Å². The van der Waals surface area contributed by atoms with Gasteiger partial charge in [-0.3, -0.25) is 4.79 Å². The van der Waals surface area contributed by atoms with E-state index in [0.29, 0.717) is 12.2 Å². The minimum atomic E-state index is -0.148. The van der Waals surface area contributed by atoms with E-state index in [0.717, 1.165) is 38.3 Å². The third kappa shape index (κ3) is 2.27. The van der Waals surface area contributed by atoms with Crippen LogP contribution in [0.25, 0.3) is 0 Å². The molecule has 1 fully saturated rings. The number of ketones is 1. The number of Topliss-reactive ketones (excluding diaryl/α,β-unsaturated/α-hetero) is 1. The van der Waals surface area contributed by atoms with Crippen molar-refractivity contribution in [1.29, 1.82) is 0 Å². The second kappa shape index (κ2) is 5.00. The van der Waals surface area contributed by atoms with Crippen molar-refractivity contribution >= 4 is 5.78 Å². The first-order chi connectivity index (χ1) is 8.22. The molecule has 4 nitrogen and oxygen atoms in total. The van der Waals surface area contributed by atoms with E-state index >= 15 is 0 Å². The molecule has 2 heterocycles. The number of aromatic nitrogens is 2. The summed E-state index contributed by atoms with van der Waals surface area (Å²) >= 11 is 0. The average molecular weight is 235 g/mol. The highest BCUT2D eigenvalue weighted by molar-refractivity contribution is 5.86. The maximum Gasteiger partial charge on any atom is 0.147 e. The fourth-order valence-corrected chi connectivity index (χ4v) is 2.61. The van der Waals surface area contributed by atoms with Gasteiger partial charge in [0, 0.05) is 30.9 Å². The average Bonchev–Trinajstić information content (AvgIpc) is 2.97. The van der Waals surface area contributed by atoms with Gasteiger partial charge in [0.15, 0.2) is 0 Å². The highest BCUT2D eigenvalue weighted by Gasteiger charge is 2.39. The van der Waals surface area contributed by atoms with E-state index in [-0.39, 0.29) is 5.41 Å². The predicted octanol–water partition coefficient (Wildman–Crippen LogP) is 1.40. The van der Waals surface area contributed by atoms with Crippen molar-refractivity contribution in [3.63, 3.8) is 0 Å². The quantitative estimate of drug-likeness (QED) is 0.839. The topological polar surface area (TPSA) is 46.9 Å².